The number of rotatable bonds is 8. The van der Waals surface area contributed by atoms with Gasteiger partial charge in [-0.05, 0) is 86.5 Å². The second kappa shape index (κ2) is 12.0. The summed E-state index contributed by atoms with van der Waals surface area (Å²) < 4.78 is 33.1. The van der Waals surface area contributed by atoms with Crippen molar-refractivity contribution >= 4 is 11.7 Å². The molecule has 2 aliphatic heterocycles. The molecular weight excluding hydrogens is 446 g/mol. The minimum Gasteiger partial charge on any atom is -0.465 e. The topological polar surface area (TPSA) is 32.8 Å². The van der Waals surface area contributed by atoms with Crippen molar-refractivity contribution < 1.29 is 18.3 Å². The Hall–Kier alpha value is -2.47. The molecule has 1 saturated heterocycles. The number of carbonyl (C=O) groups is 1. The van der Waals surface area contributed by atoms with Gasteiger partial charge in [-0.1, -0.05) is 32.0 Å². The molecule has 1 fully saturated rings. The Morgan fingerprint density at radius 1 is 0.971 bits per heavy atom. The molecule has 190 valence electrons. The van der Waals surface area contributed by atoms with Crippen LogP contribution >= 0.6 is 0 Å². The maximum atomic E-state index is 14.3. The summed E-state index contributed by atoms with van der Waals surface area (Å²) in [6.45, 7) is 9.05. The van der Waals surface area contributed by atoms with Crippen molar-refractivity contribution in [2.24, 2.45) is 11.8 Å². The zero-order valence-electron chi connectivity index (χ0n) is 21.0. The van der Waals surface area contributed by atoms with Crippen LogP contribution in [-0.2, 0) is 9.53 Å². The van der Waals surface area contributed by atoms with Crippen LogP contribution in [0, 0.1) is 23.5 Å². The number of benzene rings is 2. The minimum atomic E-state index is -0.233. The van der Waals surface area contributed by atoms with Gasteiger partial charge in [0.2, 0.25) is 0 Å². The molecule has 4 rings (SSSR count). The predicted octanol–water partition coefficient (Wildman–Crippen LogP) is 6.00. The van der Waals surface area contributed by atoms with Crippen molar-refractivity contribution in [1.82, 2.24) is 4.90 Å². The number of hydrogen-bond donors (Lipinski definition) is 0. The van der Waals surface area contributed by atoms with E-state index in [2.05, 4.69) is 9.80 Å². The average Bonchev–Trinajstić information content (AvgIpc) is 3.03. The van der Waals surface area contributed by atoms with E-state index in [0.717, 1.165) is 81.6 Å². The van der Waals surface area contributed by atoms with Gasteiger partial charge in [-0.2, -0.15) is 0 Å². The van der Waals surface area contributed by atoms with Crippen LogP contribution in [0.5, 0.6) is 0 Å². The van der Waals surface area contributed by atoms with Crippen LogP contribution in [-0.4, -0.2) is 50.2 Å². The molecule has 0 bridgehead atoms. The molecule has 2 aromatic rings. The number of hydrogen-bond acceptors (Lipinski definition) is 4. The summed E-state index contributed by atoms with van der Waals surface area (Å²) in [6.07, 6.45) is 5.16. The van der Waals surface area contributed by atoms with Gasteiger partial charge in [0, 0.05) is 31.2 Å². The SMILES string of the molecule is CC(C)C(=O)OCCC1CCN(CCN2CCCC(c3ccc(F)cc3)c3ccc(F)cc32)CC1. The van der Waals surface area contributed by atoms with Gasteiger partial charge in [0.15, 0.2) is 0 Å². The Bertz CT molecular complexity index is 971. The van der Waals surface area contributed by atoms with Gasteiger partial charge in [0.05, 0.1) is 12.5 Å². The molecule has 0 radical (unpaired) electrons. The van der Waals surface area contributed by atoms with Crippen LogP contribution in [0.3, 0.4) is 0 Å². The lowest BCUT2D eigenvalue weighted by molar-refractivity contribution is -0.147. The van der Waals surface area contributed by atoms with E-state index in [1.165, 1.54) is 12.1 Å². The quantitative estimate of drug-likeness (QED) is 0.431. The van der Waals surface area contributed by atoms with Gasteiger partial charge in [-0.15, -0.1) is 0 Å². The van der Waals surface area contributed by atoms with Crippen LogP contribution in [0.4, 0.5) is 14.5 Å². The van der Waals surface area contributed by atoms with Crippen molar-refractivity contribution in [3.63, 3.8) is 0 Å². The summed E-state index contributed by atoms with van der Waals surface area (Å²) in [5, 5.41) is 0. The summed E-state index contributed by atoms with van der Waals surface area (Å²) in [5.41, 5.74) is 3.19. The molecule has 4 nitrogen and oxygen atoms in total. The summed E-state index contributed by atoms with van der Waals surface area (Å²) >= 11 is 0. The minimum absolute atomic E-state index is 0.0691. The van der Waals surface area contributed by atoms with E-state index in [1.807, 2.05) is 32.0 Å². The molecular formula is C29H38F2N2O2. The zero-order chi connectivity index (χ0) is 24.8. The molecule has 0 aromatic heterocycles. The number of nitrogens with zero attached hydrogens (tertiary/aromatic N) is 2. The van der Waals surface area contributed by atoms with E-state index in [4.69, 9.17) is 4.74 Å². The second-order valence-corrected chi connectivity index (χ2v) is 10.3. The largest absolute Gasteiger partial charge is 0.465 e. The normalized spacial score (nSPS) is 19.5. The van der Waals surface area contributed by atoms with Crippen LogP contribution in [0.15, 0.2) is 42.5 Å². The van der Waals surface area contributed by atoms with Crippen LogP contribution < -0.4 is 4.90 Å². The van der Waals surface area contributed by atoms with Gasteiger partial charge in [-0.25, -0.2) is 8.78 Å². The molecule has 0 saturated carbocycles. The molecule has 1 unspecified atom stereocenters. The number of ether oxygens (including phenoxy) is 1. The van der Waals surface area contributed by atoms with Gasteiger partial charge in [0.1, 0.15) is 11.6 Å². The van der Waals surface area contributed by atoms with E-state index in [-0.39, 0.29) is 29.4 Å². The summed E-state index contributed by atoms with van der Waals surface area (Å²) in [5.74, 6) is 0.127. The Balaban J connectivity index is 1.33. The molecule has 0 N–H and O–H groups in total. The van der Waals surface area contributed by atoms with Crippen LogP contribution in [0.1, 0.15) is 63.0 Å². The van der Waals surface area contributed by atoms with Crippen molar-refractivity contribution in [2.45, 2.75) is 51.9 Å². The molecule has 2 heterocycles. The molecule has 0 aliphatic carbocycles. The third kappa shape index (κ3) is 6.81. The zero-order valence-corrected chi connectivity index (χ0v) is 21.0. The maximum absolute atomic E-state index is 14.3. The van der Waals surface area contributed by atoms with Crippen molar-refractivity contribution in [2.75, 3.05) is 44.2 Å². The fourth-order valence-corrected chi connectivity index (χ4v) is 5.37. The van der Waals surface area contributed by atoms with Gasteiger partial charge < -0.3 is 14.5 Å². The number of piperidine rings is 1. The first-order valence-corrected chi connectivity index (χ1v) is 13.1. The number of halogens is 2. The monoisotopic (exact) mass is 484 g/mol. The number of anilines is 1. The van der Waals surface area contributed by atoms with Gasteiger partial charge in [-0.3, -0.25) is 4.79 Å². The Morgan fingerprint density at radius 2 is 1.69 bits per heavy atom. The van der Waals surface area contributed by atoms with Crippen molar-refractivity contribution in [3.8, 4) is 0 Å². The average molecular weight is 485 g/mol. The van der Waals surface area contributed by atoms with Crippen LogP contribution in [0.25, 0.3) is 0 Å². The first kappa shape index (κ1) is 25.6. The molecule has 0 spiro atoms. The highest BCUT2D eigenvalue weighted by molar-refractivity contribution is 5.71. The van der Waals surface area contributed by atoms with Gasteiger partial charge in [0.25, 0.3) is 0 Å². The Morgan fingerprint density at radius 3 is 2.40 bits per heavy atom. The smallest absolute Gasteiger partial charge is 0.308 e. The third-order valence-corrected chi connectivity index (χ3v) is 7.54. The van der Waals surface area contributed by atoms with E-state index >= 15 is 0 Å². The third-order valence-electron chi connectivity index (χ3n) is 7.54. The van der Waals surface area contributed by atoms with Crippen molar-refractivity contribution in [3.05, 3.63) is 65.2 Å². The molecule has 2 aromatic carbocycles. The summed E-state index contributed by atoms with van der Waals surface area (Å²) in [7, 11) is 0. The Kier molecular flexibility index (Phi) is 8.77. The number of carbonyl (C=O) groups excluding carboxylic acids is 1. The highest BCUT2D eigenvalue weighted by Gasteiger charge is 2.26. The highest BCUT2D eigenvalue weighted by atomic mass is 19.1. The Labute approximate surface area is 208 Å². The molecule has 2 aliphatic rings. The highest BCUT2D eigenvalue weighted by Crippen LogP contribution is 2.39. The lowest BCUT2D eigenvalue weighted by atomic mass is 9.87. The molecule has 35 heavy (non-hydrogen) atoms. The standard InChI is InChI=1S/C29H38F2N2O2/c1-21(2)29(34)35-19-13-22-11-15-32(16-12-22)17-18-33-14-3-4-26(23-5-7-24(30)8-6-23)27-10-9-25(31)20-28(27)33/h5-10,20-22,26H,3-4,11-19H2,1-2H3. The first-order valence-electron chi connectivity index (χ1n) is 13.1. The van der Waals surface area contributed by atoms with Crippen molar-refractivity contribution in [1.29, 1.82) is 0 Å². The van der Waals surface area contributed by atoms with E-state index in [0.29, 0.717) is 12.5 Å². The first-order chi connectivity index (χ1) is 16.9. The number of likely N-dealkylation sites (tertiary alicyclic amines) is 1. The summed E-state index contributed by atoms with van der Waals surface area (Å²) in [4.78, 5) is 16.5. The lowest BCUT2D eigenvalue weighted by Gasteiger charge is -2.34. The predicted molar refractivity (Wildman–Crippen MR) is 136 cm³/mol. The number of fused-ring (bicyclic) bond motifs is 1. The van der Waals surface area contributed by atoms with Gasteiger partial charge >= 0.3 is 5.97 Å². The maximum Gasteiger partial charge on any atom is 0.308 e. The van der Waals surface area contributed by atoms with E-state index in [9.17, 15) is 13.6 Å². The fourth-order valence-electron chi connectivity index (χ4n) is 5.37. The second-order valence-electron chi connectivity index (χ2n) is 10.3. The fraction of sp³-hybridized carbons (Fsp3) is 0.552. The molecule has 1 atom stereocenters. The van der Waals surface area contributed by atoms with Crippen LogP contribution in [0.2, 0.25) is 0 Å². The molecule has 0 amide bonds. The number of esters is 1. The summed E-state index contributed by atoms with van der Waals surface area (Å²) in [6, 6.07) is 11.9. The van der Waals surface area contributed by atoms with E-state index in [1.54, 1.807) is 12.1 Å². The van der Waals surface area contributed by atoms with E-state index < -0.39 is 0 Å². The molecule has 6 heteroatoms. The lowest BCUT2D eigenvalue weighted by Crippen LogP contribution is -2.40.